The number of thioether (sulfide) groups is 1. The number of benzene rings is 1. The number of hydrogen-bond donors (Lipinski definition) is 0. The molecule has 0 fully saturated rings. The van der Waals surface area contributed by atoms with Crippen molar-refractivity contribution in [1.29, 1.82) is 0 Å². The second-order valence-electron chi connectivity index (χ2n) is 2.44. The molecule has 0 saturated heterocycles. The molecule has 0 saturated carbocycles. The second-order valence-corrected chi connectivity index (χ2v) is 4.38. The third kappa shape index (κ3) is 2.71. The van der Waals surface area contributed by atoms with E-state index in [2.05, 4.69) is 41.4 Å². The normalized spacial score (nSPS) is 9.69. The molecule has 3 heteroatoms. The van der Waals surface area contributed by atoms with Gasteiger partial charge in [0, 0.05) is 11.9 Å². The zero-order valence-electron chi connectivity index (χ0n) is 7.86. The molecule has 0 amide bonds. The second kappa shape index (κ2) is 5.25. The van der Waals surface area contributed by atoms with Gasteiger partial charge in [-0.15, -0.1) is 11.8 Å². The predicted octanol–water partition coefficient (Wildman–Crippen LogP) is 3.64. The molecular formula is C10H13NS2. The molecule has 0 spiro atoms. The van der Waals surface area contributed by atoms with Gasteiger partial charge in [0.05, 0.1) is 5.69 Å². The standard InChI is InChI=1S/C10H13NS2/c1-4-13-11(2)9-7-5-6-8-10(9)12-3/h4-8H,1H2,2-3H3. The highest BCUT2D eigenvalue weighted by molar-refractivity contribution is 8.03. The lowest BCUT2D eigenvalue weighted by Gasteiger charge is -2.18. The fraction of sp³-hybridized carbons (Fsp3) is 0.200. The lowest BCUT2D eigenvalue weighted by Crippen LogP contribution is -2.05. The molecule has 1 nitrogen and oxygen atoms in total. The van der Waals surface area contributed by atoms with E-state index < -0.39 is 0 Å². The molecule has 0 unspecified atom stereocenters. The highest BCUT2D eigenvalue weighted by atomic mass is 32.2. The molecule has 1 aromatic rings. The summed E-state index contributed by atoms with van der Waals surface area (Å²) in [7, 11) is 2.04. The first kappa shape index (κ1) is 10.5. The molecule has 70 valence electrons. The number of hydrogen-bond acceptors (Lipinski definition) is 3. The first-order chi connectivity index (χ1) is 6.29. The third-order valence-corrected chi connectivity index (χ3v) is 3.10. The first-order valence-corrected chi connectivity index (χ1v) is 6.00. The summed E-state index contributed by atoms with van der Waals surface area (Å²) in [5.41, 5.74) is 1.24. The Labute approximate surface area is 88.3 Å². The summed E-state index contributed by atoms with van der Waals surface area (Å²) < 4.78 is 2.11. The molecule has 0 aliphatic rings. The van der Waals surface area contributed by atoms with Crippen LogP contribution in [0.25, 0.3) is 0 Å². The van der Waals surface area contributed by atoms with Gasteiger partial charge < -0.3 is 4.31 Å². The SMILES string of the molecule is C=CSN(C)c1ccccc1SC. The van der Waals surface area contributed by atoms with E-state index in [0.29, 0.717) is 0 Å². The maximum absolute atomic E-state index is 3.70. The highest BCUT2D eigenvalue weighted by Gasteiger charge is 2.04. The van der Waals surface area contributed by atoms with Crippen molar-refractivity contribution in [3.63, 3.8) is 0 Å². The molecule has 13 heavy (non-hydrogen) atoms. The Hall–Kier alpha value is -0.540. The Morgan fingerprint density at radius 2 is 2.08 bits per heavy atom. The minimum atomic E-state index is 1.24. The predicted molar refractivity (Wildman–Crippen MR) is 64.4 cm³/mol. The van der Waals surface area contributed by atoms with Gasteiger partial charge in [0.15, 0.2) is 0 Å². The van der Waals surface area contributed by atoms with Crippen LogP contribution in [-0.4, -0.2) is 13.3 Å². The Morgan fingerprint density at radius 1 is 1.38 bits per heavy atom. The number of rotatable bonds is 4. The minimum Gasteiger partial charge on any atom is -0.315 e. The molecule has 0 radical (unpaired) electrons. The van der Waals surface area contributed by atoms with Crippen molar-refractivity contribution in [3.8, 4) is 0 Å². The monoisotopic (exact) mass is 211 g/mol. The summed E-state index contributed by atoms with van der Waals surface area (Å²) in [6.07, 6.45) is 2.09. The van der Waals surface area contributed by atoms with Crippen LogP contribution in [0.15, 0.2) is 41.1 Å². The van der Waals surface area contributed by atoms with E-state index in [1.807, 2.05) is 12.5 Å². The summed E-state index contributed by atoms with van der Waals surface area (Å²) in [5.74, 6) is 0. The van der Waals surface area contributed by atoms with Crippen molar-refractivity contribution in [2.75, 3.05) is 17.6 Å². The topological polar surface area (TPSA) is 3.24 Å². The van der Waals surface area contributed by atoms with E-state index in [4.69, 9.17) is 0 Å². The molecule has 0 N–H and O–H groups in total. The van der Waals surface area contributed by atoms with E-state index in [9.17, 15) is 0 Å². The molecule has 0 aliphatic heterocycles. The lowest BCUT2D eigenvalue weighted by molar-refractivity contribution is 1.29. The first-order valence-electron chi connectivity index (χ1n) is 3.94. The van der Waals surface area contributed by atoms with Gasteiger partial charge in [0.2, 0.25) is 0 Å². The van der Waals surface area contributed by atoms with Crippen molar-refractivity contribution >= 4 is 29.4 Å². The zero-order valence-corrected chi connectivity index (χ0v) is 9.49. The van der Waals surface area contributed by atoms with Crippen molar-refractivity contribution in [1.82, 2.24) is 0 Å². The number of para-hydroxylation sites is 1. The van der Waals surface area contributed by atoms with Gasteiger partial charge >= 0.3 is 0 Å². The van der Waals surface area contributed by atoms with E-state index in [-0.39, 0.29) is 0 Å². The smallest absolute Gasteiger partial charge is 0.0605 e. The van der Waals surface area contributed by atoms with E-state index in [1.54, 1.807) is 23.7 Å². The van der Waals surface area contributed by atoms with E-state index in [0.717, 1.165) is 0 Å². The average Bonchev–Trinajstić information content (AvgIpc) is 2.18. The quantitative estimate of drug-likeness (QED) is 0.553. The number of anilines is 1. The van der Waals surface area contributed by atoms with Gasteiger partial charge in [-0.05, 0) is 35.7 Å². The molecule has 1 aromatic carbocycles. The van der Waals surface area contributed by atoms with Crippen molar-refractivity contribution < 1.29 is 0 Å². The maximum Gasteiger partial charge on any atom is 0.0605 e. The molecule has 0 heterocycles. The van der Waals surface area contributed by atoms with E-state index >= 15 is 0 Å². The molecular weight excluding hydrogens is 198 g/mol. The van der Waals surface area contributed by atoms with Crippen LogP contribution in [0.5, 0.6) is 0 Å². The largest absolute Gasteiger partial charge is 0.315 e. The summed E-state index contributed by atoms with van der Waals surface area (Å²) in [6.45, 7) is 3.70. The lowest BCUT2D eigenvalue weighted by atomic mass is 10.3. The zero-order chi connectivity index (χ0) is 9.68. The summed E-state index contributed by atoms with van der Waals surface area (Å²) in [4.78, 5) is 1.29. The van der Waals surface area contributed by atoms with Crippen LogP contribution >= 0.6 is 23.7 Å². The van der Waals surface area contributed by atoms with Crippen molar-refractivity contribution in [2.45, 2.75) is 4.90 Å². The van der Waals surface area contributed by atoms with Crippen LogP contribution < -0.4 is 4.31 Å². The van der Waals surface area contributed by atoms with Crippen LogP contribution in [0, 0.1) is 0 Å². The molecule has 0 aromatic heterocycles. The van der Waals surface area contributed by atoms with Crippen molar-refractivity contribution in [3.05, 3.63) is 36.3 Å². The summed E-state index contributed by atoms with van der Waals surface area (Å²) >= 11 is 3.36. The van der Waals surface area contributed by atoms with Crippen molar-refractivity contribution in [2.24, 2.45) is 0 Å². The van der Waals surface area contributed by atoms with Crippen LogP contribution in [0.3, 0.4) is 0 Å². The Balaban J connectivity index is 2.91. The third-order valence-electron chi connectivity index (χ3n) is 1.66. The van der Waals surface area contributed by atoms with Crippen LogP contribution in [0.1, 0.15) is 0 Å². The van der Waals surface area contributed by atoms with Gasteiger partial charge in [-0.2, -0.15) is 0 Å². The molecule has 0 atom stereocenters. The van der Waals surface area contributed by atoms with Crippen LogP contribution in [0.2, 0.25) is 0 Å². The van der Waals surface area contributed by atoms with Gasteiger partial charge in [-0.25, -0.2) is 0 Å². The van der Waals surface area contributed by atoms with Gasteiger partial charge in [-0.3, -0.25) is 0 Å². The summed E-state index contributed by atoms with van der Waals surface area (Å²) in [5, 5.41) is 1.83. The fourth-order valence-electron chi connectivity index (χ4n) is 1.06. The Kier molecular flexibility index (Phi) is 4.25. The van der Waals surface area contributed by atoms with E-state index in [1.165, 1.54) is 10.6 Å². The maximum atomic E-state index is 3.70. The molecule has 0 aliphatic carbocycles. The minimum absolute atomic E-state index is 1.24. The van der Waals surface area contributed by atoms with Gasteiger partial charge in [0.1, 0.15) is 0 Å². The summed E-state index contributed by atoms with van der Waals surface area (Å²) in [6, 6.07) is 8.35. The highest BCUT2D eigenvalue weighted by Crippen LogP contribution is 2.30. The van der Waals surface area contributed by atoms with Gasteiger partial charge in [-0.1, -0.05) is 18.7 Å². The fourth-order valence-corrected chi connectivity index (χ4v) is 2.24. The Bertz CT molecular complexity index is 286. The van der Waals surface area contributed by atoms with Crippen LogP contribution in [0.4, 0.5) is 5.69 Å². The molecule has 0 bridgehead atoms. The average molecular weight is 211 g/mol. The molecule has 1 rings (SSSR count). The Morgan fingerprint density at radius 3 is 2.69 bits per heavy atom. The van der Waals surface area contributed by atoms with Crippen LogP contribution in [-0.2, 0) is 0 Å². The van der Waals surface area contributed by atoms with Gasteiger partial charge in [0.25, 0.3) is 0 Å². The number of nitrogens with zero attached hydrogens (tertiary/aromatic N) is 1.